The third kappa shape index (κ3) is 5.18. The van der Waals surface area contributed by atoms with Crippen molar-refractivity contribution in [2.45, 2.75) is 19.8 Å². The topological polar surface area (TPSA) is 86.6 Å². The third-order valence-electron chi connectivity index (χ3n) is 2.67. The Morgan fingerprint density at radius 3 is 2.74 bits per heavy atom. The van der Waals surface area contributed by atoms with Gasteiger partial charge in [-0.2, -0.15) is 0 Å². The second-order valence-corrected chi connectivity index (χ2v) is 4.85. The number of halogens is 1. The molecule has 1 aromatic rings. The average Bonchev–Trinajstić information content (AvgIpc) is 2.36. The third-order valence-corrected chi connectivity index (χ3v) is 2.90. The number of carbonyl (C=O) groups excluding carboxylic acids is 1. The molecule has 0 heterocycles. The van der Waals surface area contributed by atoms with Gasteiger partial charge in [0, 0.05) is 18.0 Å². The molecule has 0 saturated heterocycles. The number of phenolic OH excluding ortho intramolecular Hbond substituents is 1. The fourth-order valence-corrected chi connectivity index (χ4v) is 1.70. The van der Waals surface area contributed by atoms with Crippen LogP contribution in [-0.4, -0.2) is 28.6 Å². The van der Waals surface area contributed by atoms with Crippen LogP contribution in [0, 0.1) is 5.92 Å². The summed E-state index contributed by atoms with van der Waals surface area (Å²) in [7, 11) is 0. The highest BCUT2D eigenvalue weighted by atomic mass is 35.5. The van der Waals surface area contributed by atoms with Crippen molar-refractivity contribution in [2.24, 2.45) is 5.92 Å². The number of phenols is 1. The number of benzene rings is 1. The highest BCUT2D eigenvalue weighted by Crippen LogP contribution is 2.21. The first kappa shape index (κ1) is 15.3. The van der Waals surface area contributed by atoms with E-state index in [2.05, 4.69) is 5.32 Å². The average molecular weight is 286 g/mol. The Hall–Kier alpha value is -1.75. The lowest BCUT2D eigenvalue weighted by Crippen LogP contribution is -2.28. The van der Waals surface area contributed by atoms with Crippen LogP contribution in [0.4, 0.5) is 0 Å². The minimum Gasteiger partial charge on any atom is -0.507 e. The van der Waals surface area contributed by atoms with Gasteiger partial charge in [-0.05, 0) is 30.5 Å². The maximum Gasteiger partial charge on any atom is 0.303 e. The van der Waals surface area contributed by atoms with E-state index in [0.29, 0.717) is 18.0 Å². The van der Waals surface area contributed by atoms with Crippen molar-refractivity contribution in [3.8, 4) is 5.75 Å². The molecule has 1 atom stereocenters. The van der Waals surface area contributed by atoms with E-state index >= 15 is 0 Å². The van der Waals surface area contributed by atoms with E-state index in [1.807, 2.05) is 6.92 Å². The summed E-state index contributed by atoms with van der Waals surface area (Å²) in [5, 5.41) is 21.1. The van der Waals surface area contributed by atoms with Gasteiger partial charge >= 0.3 is 5.97 Å². The van der Waals surface area contributed by atoms with Gasteiger partial charge in [-0.3, -0.25) is 9.59 Å². The Bertz CT molecular complexity index is 476. The predicted octanol–water partition coefficient (Wildman–Crippen LogP) is 2.28. The Morgan fingerprint density at radius 2 is 2.11 bits per heavy atom. The summed E-state index contributed by atoms with van der Waals surface area (Å²) in [5.41, 5.74) is 0.109. The van der Waals surface area contributed by atoms with Crippen molar-refractivity contribution in [3.05, 3.63) is 28.8 Å². The molecule has 0 bridgehead atoms. The zero-order valence-corrected chi connectivity index (χ0v) is 11.3. The number of carbonyl (C=O) groups is 2. The Labute approximate surface area is 116 Å². The monoisotopic (exact) mass is 285 g/mol. The van der Waals surface area contributed by atoms with Crippen molar-refractivity contribution >= 4 is 23.5 Å². The highest BCUT2D eigenvalue weighted by molar-refractivity contribution is 6.31. The molecule has 5 nitrogen and oxygen atoms in total. The number of hydrogen-bond acceptors (Lipinski definition) is 3. The summed E-state index contributed by atoms with van der Waals surface area (Å²) in [6, 6.07) is 4.22. The number of amides is 1. The van der Waals surface area contributed by atoms with Crippen LogP contribution in [0.3, 0.4) is 0 Å². The first-order chi connectivity index (χ1) is 8.90. The molecule has 1 amide bonds. The minimum absolute atomic E-state index is 0.0429. The number of aliphatic carboxylic acids is 1. The molecule has 0 spiro atoms. The Balaban J connectivity index is 2.51. The molecule has 0 radical (unpaired) electrons. The van der Waals surface area contributed by atoms with Gasteiger partial charge in [-0.1, -0.05) is 18.5 Å². The smallest absolute Gasteiger partial charge is 0.303 e. The SMILES string of the molecule is CC(CCC(=O)O)CNC(=O)c1cc(Cl)ccc1O. The summed E-state index contributed by atoms with van der Waals surface area (Å²) in [5.74, 6) is -1.38. The minimum atomic E-state index is -0.856. The van der Waals surface area contributed by atoms with Crippen LogP contribution >= 0.6 is 11.6 Å². The van der Waals surface area contributed by atoms with E-state index in [4.69, 9.17) is 16.7 Å². The zero-order chi connectivity index (χ0) is 14.4. The van der Waals surface area contributed by atoms with Gasteiger partial charge < -0.3 is 15.5 Å². The van der Waals surface area contributed by atoms with Crippen LogP contribution in [0.1, 0.15) is 30.1 Å². The summed E-state index contributed by atoms with van der Waals surface area (Å²) >= 11 is 5.75. The maximum absolute atomic E-state index is 11.8. The standard InChI is InChI=1S/C13H16ClNO4/c1-8(2-5-12(17)18)7-15-13(19)10-6-9(14)3-4-11(10)16/h3-4,6,8,16H,2,5,7H2,1H3,(H,15,19)(H,17,18). The molecular formula is C13H16ClNO4. The first-order valence-electron chi connectivity index (χ1n) is 5.88. The molecule has 1 aromatic carbocycles. The van der Waals surface area contributed by atoms with Gasteiger partial charge in [0.1, 0.15) is 5.75 Å². The van der Waals surface area contributed by atoms with Gasteiger partial charge in [-0.15, -0.1) is 0 Å². The quantitative estimate of drug-likeness (QED) is 0.748. The summed E-state index contributed by atoms with van der Waals surface area (Å²) in [6.07, 6.45) is 0.552. The highest BCUT2D eigenvalue weighted by Gasteiger charge is 2.13. The van der Waals surface area contributed by atoms with Crippen LogP contribution in [0.15, 0.2) is 18.2 Å². The molecule has 1 unspecified atom stereocenters. The molecule has 0 aliphatic heterocycles. The van der Waals surface area contributed by atoms with Gasteiger partial charge in [0.2, 0.25) is 0 Å². The van der Waals surface area contributed by atoms with Crippen LogP contribution < -0.4 is 5.32 Å². The molecular weight excluding hydrogens is 270 g/mol. The second-order valence-electron chi connectivity index (χ2n) is 4.41. The predicted molar refractivity (Wildman–Crippen MR) is 71.5 cm³/mol. The molecule has 0 aliphatic carbocycles. The van der Waals surface area contributed by atoms with Gasteiger partial charge in [-0.25, -0.2) is 0 Å². The molecule has 6 heteroatoms. The summed E-state index contributed by atoms with van der Waals surface area (Å²) < 4.78 is 0. The van der Waals surface area contributed by atoms with E-state index in [0.717, 1.165) is 0 Å². The molecule has 1 rings (SSSR count). The van der Waals surface area contributed by atoms with Crippen LogP contribution in [0.2, 0.25) is 5.02 Å². The molecule has 0 aliphatic rings. The molecule has 0 aromatic heterocycles. The maximum atomic E-state index is 11.8. The Morgan fingerprint density at radius 1 is 1.42 bits per heavy atom. The van der Waals surface area contributed by atoms with Gasteiger partial charge in [0.15, 0.2) is 0 Å². The summed E-state index contributed by atoms with van der Waals surface area (Å²) in [6.45, 7) is 2.19. The van der Waals surface area contributed by atoms with E-state index in [1.165, 1.54) is 18.2 Å². The van der Waals surface area contributed by atoms with Crippen molar-refractivity contribution in [3.63, 3.8) is 0 Å². The van der Waals surface area contributed by atoms with Crippen LogP contribution in [-0.2, 0) is 4.79 Å². The summed E-state index contributed by atoms with van der Waals surface area (Å²) in [4.78, 5) is 22.2. The van der Waals surface area contributed by atoms with Crippen LogP contribution in [0.25, 0.3) is 0 Å². The normalized spacial score (nSPS) is 11.9. The number of carboxylic acid groups (broad SMARTS) is 1. The largest absolute Gasteiger partial charge is 0.507 e. The number of nitrogens with one attached hydrogen (secondary N) is 1. The van der Waals surface area contributed by atoms with Crippen molar-refractivity contribution in [1.82, 2.24) is 5.32 Å². The molecule has 104 valence electrons. The number of rotatable bonds is 6. The number of aromatic hydroxyl groups is 1. The van der Waals surface area contributed by atoms with E-state index in [9.17, 15) is 14.7 Å². The second kappa shape index (κ2) is 6.99. The van der Waals surface area contributed by atoms with E-state index in [-0.39, 0.29) is 23.7 Å². The van der Waals surface area contributed by atoms with E-state index < -0.39 is 11.9 Å². The molecule has 3 N–H and O–H groups in total. The van der Waals surface area contributed by atoms with Crippen molar-refractivity contribution in [2.75, 3.05) is 6.54 Å². The lowest BCUT2D eigenvalue weighted by molar-refractivity contribution is -0.137. The fraction of sp³-hybridized carbons (Fsp3) is 0.385. The molecule has 0 fully saturated rings. The molecule has 0 saturated carbocycles. The number of hydrogen-bond donors (Lipinski definition) is 3. The van der Waals surface area contributed by atoms with E-state index in [1.54, 1.807) is 0 Å². The van der Waals surface area contributed by atoms with Gasteiger partial charge in [0.25, 0.3) is 5.91 Å². The fourth-order valence-electron chi connectivity index (χ4n) is 1.52. The lowest BCUT2D eigenvalue weighted by Gasteiger charge is -2.12. The van der Waals surface area contributed by atoms with Crippen molar-refractivity contribution in [1.29, 1.82) is 0 Å². The van der Waals surface area contributed by atoms with Gasteiger partial charge in [0.05, 0.1) is 5.56 Å². The Kier molecular flexibility index (Phi) is 5.63. The zero-order valence-electron chi connectivity index (χ0n) is 10.5. The molecule has 19 heavy (non-hydrogen) atoms. The lowest BCUT2D eigenvalue weighted by atomic mass is 10.1. The first-order valence-corrected chi connectivity index (χ1v) is 6.26. The van der Waals surface area contributed by atoms with Crippen molar-refractivity contribution < 1.29 is 19.8 Å². The van der Waals surface area contributed by atoms with Crippen LogP contribution in [0.5, 0.6) is 5.75 Å². The number of carboxylic acids is 1.